The minimum Gasteiger partial charge on any atom is -0.367 e. The molecule has 0 bridgehead atoms. The average Bonchev–Trinajstić information content (AvgIpc) is 2.17. The fourth-order valence-corrected chi connectivity index (χ4v) is 2.15. The molecule has 0 saturated carbocycles. The molecule has 0 heterocycles. The molecule has 0 spiro atoms. The number of anilines is 1. The lowest BCUT2D eigenvalue weighted by atomic mass is 10.0. The van der Waals surface area contributed by atoms with Crippen LogP contribution < -0.4 is 10.2 Å². The fraction of sp³-hybridized carbons (Fsp3) is 0.500. The lowest BCUT2D eigenvalue weighted by Crippen LogP contribution is -2.48. The Morgan fingerprint density at radius 2 is 1.93 bits per heavy atom. The molecule has 84 valence electrons. The van der Waals surface area contributed by atoms with Crippen molar-refractivity contribution < 1.29 is 0 Å². The van der Waals surface area contributed by atoms with Crippen molar-refractivity contribution in [3.05, 3.63) is 28.7 Å². The highest BCUT2D eigenvalue weighted by molar-refractivity contribution is 9.10. The van der Waals surface area contributed by atoms with E-state index in [1.807, 2.05) is 13.1 Å². The van der Waals surface area contributed by atoms with E-state index >= 15 is 0 Å². The monoisotopic (exact) mass is 270 g/mol. The minimum absolute atomic E-state index is 0.0959. The first-order valence-corrected chi connectivity index (χ1v) is 5.91. The van der Waals surface area contributed by atoms with Crippen LogP contribution in [0.4, 0.5) is 5.69 Å². The van der Waals surface area contributed by atoms with Crippen molar-refractivity contribution in [1.29, 1.82) is 0 Å². The van der Waals surface area contributed by atoms with Gasteiger partial charge < -0.3 is 10.2 Å². The van der Waals surface area contributed by atoms with Crippen molar-refractivity contribution in [1.82, 2.24) is 5.32 Å². The summed E-state index contributed by atoms with van der Waals surface area (Å²) in [7, 11) is 4.10. The third kappa shape index (κ3) is 2.95. The van der Waals surface area contributed by atoms with Crippen LogP contribution in [-0.4, -0.2) is 26.2 Å². The molecule has 0 aliphatic carbocycles. The van der Waals surface area contributed by atoms with Crippen LogP contribution in [0.5, 0.6) is 0 Å². The van der Waals surface area contributed by atoms with E-state index in [-0.39, 0.29) is 5.54 Å². The van der Waals surface area contributed by atoms with E-state index < -0.39 is 0 Å². The van der Waals surface area contributed by atoms with Gasteiger partial charge in [-0.05, 0) is 49.0 Å². The smallest absolute Gasteiger partial charge is 0.0512 e. The maximum Gasteiger partial charge on any atom is 0.0512 e. The molecular formula is C12H19BrN2. The van der Waals surface area contributed by atoms with Crippen molar-refractivity contribution >= 4 is 21.6 Å². The molecule has 2 nitrogen and oxygen atoms in total. The standard InChI is InChI=1S/C12H19BrN2/c1-12(2,9-14-3)15(4)11-8-6-5-7-10(11)13/h5-8,14H,9H2,1-4H3. The van der Waals surface area contributed by atoms with E-state index in [9.17, 15) is 0 Å². The first-order chi connectivity index (χ1) is 6.99. The molecule has 0 aliphatic rings. The second-order valence-corrected chi connectivity index (χ2v) is 5.21. The molecule has 0 radical (unpaired) electrons. The van der Waals surface area contributed by atoms with Crippen molar-refractivity contribution in [2.45, 2.75) is 19.4 Å². The van der Waals surface area contributed by atoms with Gasteiger partial charge in [0.2, 0.25) is 0 Å². The molecule has 1 aromatic carbocycles. The first kappa shape index (κ1) is 12.5. The van der Waals surface area contributed by atoms with Crippen LogP contribution >= 0.6 is 15.9 Å². The molecule has 0 unspecified atom stereocenters. The largest absolute Gasteiger partial charge is 0.367 e. The zero-order valence-electron chi connectivity index (χ0n) is 9.84. The minimum atomic E-state index is 0.0959. The number of rotatable bonds is 4. The van der Waals surface area contributed by atoms with Crippen molar-refractivity contribution in [2.75, 3.05) is 25.5 Å². The van der Waals surface area contributed by atoms with Crippen LogP contribution in [-0.2, 0) is 0 Å². The lowest BCUT2D eigenvalue weighted by Gasteiger charge is -2.38. The van der Waals surface area contributed by atoms with Gasteiger partial charge in [-0.2, -0.15) is 0 Å². The zero-order chi connectivity index (χ0) is 11.5. The molecule has 0 aromatic heterocycles. The summed E-state index contributed by atoms with van der Waals surface area (Å²) in [5.74, 6) is 0. The Morgan fingerprint density at radius 1 is 1.33 bits per heavy atom. The van der Waals surface area contributed by atoms with Crippen LogP contribution in [0.25, 0.3) is 0 Å². The number of hydrogen-bond acceptors (Lipinski definition) is 2. The molecule has 1 aromatic rings. The summed E-state index contributed by atoms with van der Waals surface area (Å²) in [6.45, 7) is 5.40. The van der Waals surface area contributed by atoms with Crippen LogP contribution in [0.3, 0.4) is 0 Å². The maximum absolute atomic E-state index is 3.58. The predicted molar refractivity (Wildman–Crippen MR) is 70.6 cm³/mol. The van der Waals surface area contributed by atoms with Gasteiger partial charge in [-0.1, -0.05) is 12.1 Å². The normalized spacial score (nSPS) is 11.5. The summed E-state index contributed by atoms with van der Waals surface area (Å²) >= 11 is 3.58. The molecule has 15 heavy (non-hydrogen) atoms. The van der Waals surface area contributed by atoms with Gasteiger partial charge in [-0.3, -0.25) is 0 Å². The third-order valence-corrected chi connectivity index (χ3v) is 3.40. The van der Waals surface area contributed by atoms with Gasteiger partial charge in [0.25, 0.3) is 0 Å². The van der Waals surface area contributed by atoms with E-state index in [0.29, 0.717) is 0 Å². The second kappa shape index (κ2) is 4.99. The Balaban J connectivity index is 2.93. The summed E-state index contributed by atoms with van der Waals surface area (Å²) in [6.07, 6.45) is 0. The van der Waals surface area contributed by atoms with Crippen LogP contribution in [0.1, 0.15) is 13.8 Å². The summed E-state index contributed by atoms with van der Waals surface area (Å²) < 4.78 is 1.14. The summed E-state index contributed by atoms with van der Waals surface area (Å²) in [5, 5.41) is 3.22. The Labute approximate surface area is 101 Å². The van der Waals surface area contributed by atoms with Crippen LogP contribution in [0, 0.1) is 0 Å². The Kier molecular flexibility index (Phi) is 4.17. The maximum atomic E-state index is 3.58. The van der Waals surface area contributed by atoms with Crippen molar-refractivity contribution in [3.63, 3.8) is 0 Å². The molecule has 0 saturated heterocycles. The number of hydrogen-bond donors (Lipinski definition) is 1. The number of likely N-dealkylation sites (N-methyl/N-ethyl adjacent to an activating group) is 2. The summed E-state index contributed by atoms with van der Waals surface area (Å²) in [5.41, 5.74) is 1.32. The lowest BCUT2D eigenvalue weighted by molar-refractivity contribution is 0.463. The topological polar surface area (TPSA) is 15.3 Å². The number of halogens is 1. The number of nitrogens with zero attached hydrogens (tertiary/aromatic N) is 1. The number of benzene rings is 1. The Bertz CT molecular complexity index is 323. The van der Waals surface area contributed by atoms with E-state index in [1.54, 1.807) is 0 Å². The average molecular weight is 271 g/mol. The summed E-state index contributed by atoms with van der Waals surface area (Å²) in [4.78, 5) is 2.29. The Morgan fingerprint density at radius 3 is 2.47 bits per heavy atom. The van der Waals surface area contributed by atoms with Gasteiger partial charge in [0.05, 0.1) is 5.69 Å². The third-order valence-electron chi connectivity index (χ3n) is 2.73. The molecule has 0 atom stereocenters. The van der Waals surface area contributed by atoms with E-state index in [0.717, 1.165) is 11.0 Å². The van der Waals surface area contributed by atoms with Gasteiger partial charge >= 0.3 is 0 Å². The van der Waals surface area contributed by atoms with Gasteiger partial charge in [-0.25, -0.2) is 0 Å². The molecule has 3 heteroatoms. The van der Waals surface area contributed by atoms with Gasteiger partial charge in [-0.15, -0.1) is 0 Å². The fourth-order valence-electron chi connectivity index (χ4n) is 1.60. The van der Waals surface area contributed by atoms with E-state index in [1.165, 1.54) is 5.69 Å². The molecule has 0 amide bonds. The highest BCUT2D eigenvalue weighted by Gasteiger charge is 2.23. The predicted octanol–water partition coefficient (Wildman–Crippen LogP) is 2.88. The highest BCUT2D eigenvalue weighted by atomic mass is 79.9. The van der Waals surface area contributed by atoms with Gasteiger partial charge in [0.1, 0.15) is 0 Å². The molecule has 0 fully saturated rings. The number of nitrogens with one attached hydrogen (secondary N) is 1. The van der Waals surface area contributed by atoms with Gasteiger partial charge in [0.15, 0.2) is 0 Å². The van der Waals surface area contributed by atoms with Gasteiger partial charge in [0, 0.05) is 23.6 Å². The van der Waals surface area contributed by atoms with E-state index in [4.69, 9.17) is 0 Å². The number of para-hydroxylation sites is 1. The molecular weight excluding hydrogens is 252 g/mol. The van der Waals surface area contributed by atoms with Crippen molar-refractivity contribution in [2.24, 2.45) is 0 Å². The molecule has 1 N–H and O–H groups in total. The van der Waals surface area contributed by atoms with Crippen LogP contribution in [0.15, 0.2) is 28.7 Å². The molecule has 0 aliphatic heterocycles. The van der Waals surface area contributed by atoms with Crippen LogP contribution in [0.2, 0.25) is 0 Å². The first-order valence-electron chi connectivity index (χ1n) is 5.12. The summed E-state index contributed by atoms with van der Waals surface area (Å²) in [6, 6.07) is 8.29. The van der Waals surface area contributed by atoms with E-state index in [2.05, 4.69) is 65.2 Å². The van der Waals surface area contributed by atoms with Crippen molar-refractivity contribution in [3.8, 4) is 0 Å². The molecule has 1 rings (SSSR count). The second-order valence-electron chi connectivity index (χ2n) is 4.35. The quantitative estimate of drug-likeness (QED) is 0.905. The highest BCUT2D eigenvalue weighted by Crippen LogP contribution is 2.29. The SMILES string of the molecule is CNCC(C)(C)N(C)c1ccccc1Br. The Hall–Kier alpha value is -0.540. The zero-order valence-corrected chi connectivity index (χ0v) is 11.4.